The second-order valence-electron chi connectivity index (χ2n) is 6.81. The Labute approximate surface area is 188 Å². The monoisotopic (exact) mass is 485 g/mol. The molecule has 0 aliphatic carbocycles. The highest BCUT2D eigenvalue weighted by molar-refractivity contribution is 7.99. The molecule has 0 aliphatic heterocycles. The minimum absolute atomic E-state index is 0.0663. The van der Waals surface area contributed by atoms with Crippen LogP contribution in [0.15, 0.2) is 57.0 Å². The topological polar surface area (TPSA) is 102 Å². The minimum Gasteiger partial charge on any atom is -0.435 e. The predicted molar refractivity (Wildman–Crippen MR) is 115 cm³/mol. The molecule has 0 saturated heterocycles. The molecule has 1 amide bonds. The number of halogens is 2. The van der Waals surface area contributed by atoms with Crippen LogP contribution in [0.2, 0.25) is 0 Å². The molecule has 172 valence electrons. The van der Waals surface area contributed by atoms with Gasteiger partial charge in [-0.3, -0.25) is 4.79 Å². The molecule has 8 nitrogen and oxygen atoms in total. The van der Waals surface area contributed by atoms with Crippen LogP contribution in [0.3, 0.4) is 0 Å². The molecular formula is C20H21F2N3O5S2. The third-order valence-corrected chi connectivity index (χ3v) is 6.97. The van der Waals surface area contributed by atoms with Crippen LogP contribution in [0.5, 0.6) is 5.75 Å². The molecule has 1 aromatic heterocycles. The molecular weight excluding hydrogens is 464 g/mol. The number of hydrogen-bond acceptors (Lipinski definition) is 7. The number of aromatic nitrogens is 1. The second kappa shape index (κ2) is 10.3. The average Bonchev–Trinajstić information content (AvgIpc) is 3.15. The number of nitrogens with one attached hydrogen (secondary N) is 1. The van der Waals surface area contributed by atoms with Gasteiger partial charge in [0.25, 0.3) is 5.22 Å². The van der Waals surface area contributed by atoms with Gasteiger partial charge in [-0.1, -0.05) is 23.9 Å². The van der Waals surface area contributed by atoms with Gasteiger partial charge in [-0.05, 0) is 42.3 Å². The lowest BCUT2D eigenvalue weighted by Crippen LogP contribution is -2.27. The summed E-state index contributed by atoms with van der Waals surface area (Å²) in [5, 5.41) is 3.01. The Morgan fingerprint density at radius 2 is 1.94 bits per heavy atom. The molecule has 0 bridgehead atoms. The largest absolute Gasteiger partial charge is 0.435 e. The van der Waals surface area contributed by atoms with Gasteiger partial charge in [0.1, 0.15) is 11.3 Å². The minimum atomic E-state index is -3.59. The summed E-state index contributed by atoms with van der Waals surface area (Å²) in [5.74, 6) is -0.0867. The zero-order valence-electron chi connectivity index (χ0n) is 17.2. The summed E-state index contributed by atoms with van der Waals surface area (Å²) < 4.78 is 59.7. The van der Waals surface area contributed by atoms with Crippen LogP contribution in [0.25, 0.3) is 11.1 Å². The standard InChI is InChI=1S/C20H21F2N3O5S2/c1-25(2)32(27,28)15-7-8-17-16(11-15)24-20(30-17)31-12-18(26)23-10-9-13-3-5-14(6-4-13)29-19(21)22/h3-8,11,19H,9-10,12H2,1-2H3,(H,23,26). The van der Waals surface area contributed by atoms with Gasteiger partial charge in [0.05, 0.1) is 10.6 Å². The molecule has 3 aromatic rings. The lowest BCUT2D eigenvalue weighted by molar-refractivity contribution is -0.118. The van der Waals surface area contributed by atoms with Crippen molar-refractivity contribution in [3.8, 4) is 5.75 Å². The second-order valence-corrected chi connectivity index (χ2v) is 9.89. The molecule has 1 N–H and O–H groups in total. The average molecular weight is 486 g/mol. The molecule has 0 saturated carbocycles. The number of oxazole rings is 1. The number of hydrogen-bond donors (Lipinski definition) is 1. The molecule has 0 fully saturated rings. The van der Waals surface area contributed by atoms with Gasteiger partial charge in [0.2, 0.25) is 15.9 Å². The van der Waals surface area contributed by atoms with Crippen LogP contribution in [-0.4, -0.2) is 56.6 Å². The first-order valence-electron chi connectivity index (χ1n) is 9.41. The smallest absolute Gasteiger partial charge is 0.387 e. The zero-order valence-corrected chi connectivity index (χ0v) is 18.9. The molecule has 1 heterocycles. The predicted octanol–water partition coefficient (Wildman–Crippen LogP) is 3.13. The van der Waals surface area contributed by atoms with E-state index in [1.54, 1.807) is 12.1 Å². The van der Waals surface area contributed by atoms with Crippen molar-refractivity contribution in [1.82, 2.24) is 14.6 Å². The summed E-state index contributed by atoms with van der Waals surface area (Å²) in [6, 6.07) is 10.6. The number of sulfonamides is 1. The van der Waals surface area contributed by atoms with Gasteiger partial charge in [0, 0.05) is 20.6 Å². The summed E-state index contributed by atoms with van der Waals surface area (Å²) in [6.07, 6.45) is 0.525. The summed E-state index contributed by atoms with van der Waals surface area (Å²) in [7, 11) is -0.698. The van der Waals surface area contributed by atoms with E-state index in [-0.39, 0.29) is 27.5 Å². The molecule has 3 rings (SSSR count). The van der Waals surface area contributed by atoms with E-state index in [9.17, 15) is 22.0 Å². The van der Waals surface area contributed by atoms with Gasteiger partial charge in [0.15, 0.2) is 5.58 Å². The highest BCUT2D eigenvalue weighted by atomic mass is 32.2. The summed E-state index contributed by atoms with van der Waals surface area (Å²) in [4.78, 5) is 16.4. The number of nitrogens with zero attached hydrogens (tertiary/aromatic N) is 2. The van der Waals surface area contributed by atoms with Crippen molar-refractivity contribution < 1.29 is 31.1 Å². The van der Waals surface area contributed by atoms with Crippen molar-refractivity contribution in [3.05, 3.63) is 48.0 Å². The van der Waals surface area contributed by atoms with Gasteiger partial charge < -0.3 is 14.5 Å². The maximum atomic E-state index is 12.2. The summed E-state index contributed by atoms with van der Waals surface area (Å²) in [5.41, 5.74) is 1.67. The first-order valence-corrected chi connectivity index (χ1v) is 11.8. The molecule has 0 spiro atoms. The molecule has 32 heavy (non-hydrogen) atoms. The number of alkyl halides is 2. The quantitative estimate of drug-likeness (QED) is 0.440. The number of carbonyl (C=O) groups excluding carboxylic acids is 1. The fourth-order valence-corrected chi connectivity index (χ4v) is 4.27. The Hall–Kier alpha value is -2.70. The summed E-state index contributed by atoms with van der Waals surface area (Å²) in [6.45, 7) is -2.50. The van der Waals surface area contributed by atoms with E-state index in [4.69, 9.17) is 4.42 Å². The zero-order chi connectivity index (χ0) is 23.3. The molecule has 2 aromatic carbocycles. The van der Waals surface area contributed by atoms with Crippen LogP contribution in [0.1, 0.15) is 5.56 Å². The Kier molecular flexibility index (Phi) is 7.69. The van der Waals surface area contributed by atoms with Crippen LogP contribution < -0.4 is 10.1 Å². The van der Waals surface area contributed by atoms with Crippen LogP contribution in [0, 0.1) is 0 Å². The maximum Gasteiger partial charge on any atom is 0.387 e. The van der Waals surface area contributed by atoms with Crippen molar-refractivity contribution in [2.45, 2.75) is 23.2 Å². The first-order chi connectivity index (χ1) is 15.1. The van der Waals surface area contributed by atoms with E-state index in [2.05, 4.69) is 15.0 Å². The van der Waals surface area contributed by atoms with Crippen LogP contribution in [-0.2, 0) is 21.2 Å². The Bertz CT molecular complexity index is 1180. The van der Waals surface area contributed by atoms with E-state index < -0.39 is 16.6 Å². The summed E-state index contributed by atoms with van der Waals surface area (Å²) >= 11 is 1.09. The van der Waals surface area contributed by atoms with Gasteiger partial charge in [-0.25, -0.2) is 17.7 Å². The third kappa shape index (κ3) is 6.17. The normalized spacial score (nSPS) is 11.9. The number of ether oxygens (including phenoxy) is 1. The van der Waals surface area contributed by atoms with Gasteiger partial charge >= 0.3 is 6.61 Å². The number of amides is 1. The Balaban J connectivity index is 1.49. The fourth-order valence-electron chi connectivity index (χ4n) is 2.68. The molecule has 0 unspecified atom stereocenters. The van der Waals surface area contributed by atoms with Gasteiger partial charge in [-0.2, -0.15) is 8.78 Å². The van der Waals surface area contributed by atoms with Crippen molar-refractivity contribution in [1.29, 1.82) is 0 Å². The lowest BCUT2D eigenvalue weighted by Gasteiger charge is -2.10. The SMILES string of the molecule is CN(C)S(=O)(=O)c1ccc2oc(SCC(=O)NCCc3ccc(OC(F)F)cc3)nc2c1. The fraction of sp³-hybridized carbons (Fsp3) is 0.300. The van der Waals surface area contributed by atoms with Crippen molar-refractivity contribution in [2.24, 2.45) is 0 Å². The maximum absolute atomic E-state index is 12.2. The number of benzene rings is 2. The number of carbonyl (C=O) groups is 1. The number of rotatable bonds is 10. The van der Waals surface area contributed by atoms with E-state index in [0.29, 0.717) is 24.1 Å². The van der Waals surface area contributed by atoms with E-state index in [1.807, 2.05) is 0 Å². The third-order valence-electron chi connectivity index (χ3n) is 4.33. The number of fused-ring (bicyclic) bond motifs is 1. The van der Waals surface area contributed by atoms with Crippen molar-refractivity contribution in [2.75, 3.05) is 26.4 Å². The van der Waals surface area contributed by atoms with Crippen molar-refractivity contribution >= 4 is 38.8 Å². The Morgan fingerprint density at radius 1 is 1.22 bits per heavy atom. The van der Waals surface area contributed by atoms with E-state index in [0.717, 1.165) is 21.6 Å². The highest BCUT2D eigenvalue weighted by Gasteiger charge is 2.19. The number of thioether (sulfide) groups is 1. The van der Waals surface area contributed by atoms with Crippen LogP contribution >= 0.6 is 11.8 Å². The van der Waals surface area contributed by atoms with E-state index >= 15 is 0 Å². The lowest BCUT2D eigenvalue weighted by atomic mass is 10.1. The molecule has 0 atom stereocenters. The van der Waals surface area contributed by atoms with Crippen molar-refractivity contribution in [3.63, 3.8) is 0 Å². The van der Waals surface area contributed by atoms with Gasteiger partial charge in [-0.15, -0.1) is 0 Å². The molecule has 12 heteroatoms. The van der Waals surface area contributed by atoms with E-state index in [1.165, 1.54) is 44.4 Å². The highest BCUT2D eigenvalue weighted by Crippen LogP contribution is 2.26. The van der Waals surface area contributed by atoms with Crippen LogP contribution in [0.4, 0.5) is 8.78 Å². The molecule has 0 aliphatic rings. The Morgan fingerprint density at radius 3 is 2.59 bits per heavy atom. The first kappa shape index (κ1) is 24.0. The molecule has 0 radical (unpaired) electrons.